The third kappa shape index (κ3) is 2.47. The van der Waals surface area contributed by atoms with Gasteiger partial charge < -0.3 is 4.57 Å². The molecule has 0 amide bonds. The van der Waals surface area contributed by atoms with E-state index < -0.39 is 0 Å². The fourth-order valence-electron chi connectivity index (χ4n) is 3.86. The molecule has 0 fully saturated rings. The fourth-order valence-corrected chi connectivity index (χ4v) is 3.86. The molecule has 4 aromatic rings. The second-order valence-electron chi connectivity index (χ2n) is 8.06. The average molecular weight is 358 g/mol. The lowest BCUT2D eigenvalue weighted by Crippen LogP contribution is -2.23. The molecular weight excluding hydrogens is 336 g/mol. The maximum absolute atomic E-state index is 4.92. The van der Waals surface area contributed by atoms with E-state index in [1.54, 1.807) is 0 Å². The van der Waals surface area contributed by atoms with Crippen LogP contribution in [0.4, 0.5) is 0 Å². The number of hydrogen-bond acceptors (Lipinski definition) is 4. The minimum absolute atomic E-state index is 0.222. The Kier molecular flexibility index (Phi) is 3.29. The maximum atomic E-state index is 4.92. The van der Waals surface area contributed by atoms with Crippen LogP contribution in [0.1, 0.15) is 42.3 Å². The molecule has 0 atom stereocenters. The summed E-state index contributed by atoms with van der Waals surface area (Å²) < 4.78 is 4.13. The summed E-state index contributed by atoms with van der Waals surface area (Å²) in [5, 5.41) is 4.77. The first-order valence-electron chi connectivity index (χ1n) is 9.26. The van der Waals surface area contributed by atoms with E-state index in [2.05, 4.69) is 53.9 Å². The Balaban J connectivity index is 1.50. The first-order chi connectivity index (χ1) is 12.9. The van der Waals surface area contributed by atoms with Crippen molar-refractivity contribution in [2.24, 2.45) is 0 Å². The van der Waals surface area contributed by atoms with Gasteiger partial charge in [0.2, 0.25) is 0 Å². The molecule has 1 aliphatic rings. The van der Waals surface area contributed by atoms with Crippen molar-refractivity contribution in [2.45, 2.75) is 46.1 Å². The van der Waals surface area contributed by atoms with Gasteiger partial charge in [0.15, 0.2) is 11.5 Å². The van der Waals surface area contributed by atoms with E-state index in [0.29, 0.717) is 0 Å². The predicted molar refractivity (Wildman–Crippen MR) is 104 cm³/mol. The summed E-state index contributed by atoms with van der Waals surface area (Å²) in [5.74, 6) is 1.89. The first kappa shape index (κ1) is 16.2. The Labute approximate surface area is 157 Å². The number of imidazole rings is 1. The van der Waals surface area contributed by atoms with Gasteiger partial charge in [-0.2, -0.15) is 5.10 Å². The minimum atomic E-state index is -0.222. The van der Waals surface area contributed by atoms with Crippen molar-refractivity contribution in [2.75, 3.05) is 0 Å². The summed E-state index contributed by atoms with van der Waals surface area (Å²) in [5.41, 5.74) is 6.15. The molecule has 0 saturated carbocycles. The van der Waals surface area contributed by atoms with Crippen LogP contribution in [0.25, 0.3) is 17.0 Å². The van der Waals surface area contributed by atoms with Crippen LogP contribution in [0.2, 0.25) is 0 Å². The van der Waals surface area contributed by atoms with Crippen molar-refractivity contribution in [3.8, 4) is 11.4 Å². The lowest BCUT2D eigenvalue weighted by atomic mass is 9.87. The summed E-state index contributed by atoms with van der Waals surface area (Å²) in [6, 6.07) is 8.49. The van der Waals surface area contributed by atoms with Crippen LogP contribution in [0, 0.1) is 13.8 Å². The van der Waals surface area contributed by atoms with Gasteiger partial charge in [-0.05, 0) is 19.4 Å². The van der Waals surface area contributed by atoms with Crippen molar-refractivity contribution in [1.82, 2.24) is 29.1 Å². The standard InChI is InChI=1S/C21H22N6/c1-13-10-22-14(2)18-24-20(25-27(13)18)21(3,4)9-16-12-26-11-15-7-5-6-8-17(15)19(26)23-16/h5-8,10,12H,9,11H2,1-4H3. The zero-order valence-electron chi connectivity index (χ0n) is 16.1. The molecule has 136 valence electrons. The average Bonchev–Trinajstić information content (AvgIpc) is 3.31. The summed E-state index contributed by atoms with van der Waals surface area (Å²) in [6.45, 7) is 9.23. The van der Waals surface area contributed by atoms with Crippen molar-refractivity contribution in [3.05, 3.63) is 65.1 Å². The minimum Gasteiger partial charge on any atom is -0.326 e. The molecule has 0 aliphatic carbocycles. The number of hydrogen-bond donors (Lipinski definition) is 0. The van der Waals surface area contributed by atoms with Gasteiger partial charge >= 0.3 is 0 Å². The number of benzene rings is 1. The molecule has 0 unspecified atom stereocenters. The van der Waals surface area contributed by atoms with Crippen molar-refractivity contribution < 1.29 is 0 Å². The van der Waals surface area contributed by atoms with Gasteiger partial charge in [0.05, 0.1) is 17.1 Å². The summed E-state index contributed by atoms with van der Waals surface area (Å²) in [6.07, 6.45) is 4.80. The van der Waals surface area contributed by atoms with Gasteiger partial charge in [-0.25, -0.2) is 14.5 Å². The van der Waals surface area contributed by atoms with Gasteiger partial charge in [0.1, 0.15) is 5.82 Å². The van der Waals surface area contributed by atoms with Crippen molar-refractivity contribution >= 4 is 5.65 Å². The highest BCUT2D eigenvalue weighted by Crippen LogP contribution is 2.33. The third-order valence-corrected chi connectivity index (χ3v) is 5.36. The van der Waals surface area contributed by atoms with Gasteiger partial charge in [-0.15, -0.1) is 0 Å². The predicted octanol–water partition coefficient (Wildman–Crippen LogP) is 3.49. The van der Waals surface area contributed by atoms with Crippen LogP contribution in [0.3, 0.4) is 0 Å². The lowest BCUT2D eigenvalue weighted by Gasteiger charge is -2.19. The summed E-state index contributed by atoms with van der Waals surface area (Å²) >= 11 is 0. The molecule has 0 bridgehead atoms. The largest absolute Gasteiger partial charge is 0.326 e. The third-order valence-electron chi connectivity index (χ3n) is 5.36. The number of aryl methyl sites for hydroxylation is 2. The van der Waals surface area contributed by atoms with E-state index in [-0.39, 0.29) is 5.41 Å². The van der Waals surface area contributed by atoms with E-state index in [0.717, 1.165) is 47.3 Å². The fraction of sp³-hybridized carbons (Fsp3) is 0.333. The molecule has 1 aromatic carbocycles. The molecule has 3 aromatic heterocycles. The Hall–Kier alpha value is -3.02. The highest BCUT2D eigenvalue weighted by Gasteiger charge is 2.30. The van der Waals surface area contributed by atoms with Gasteiger partial charge in [-0.1, -0.05) is 38.1 Å². The summed E-state index contributed by atoms with van der Waals surface area (Å²) in [4.78, 5) is 14.1. The van der Waals surface area contributed by atoms with Crippen LogP contribution >= 0.6 is 0 Å². The molecule has 0 N–H and O–H groups in total. The van der Waals surface area contributed by atoms with Crippen LogP contribution in [-0.2, 0) is 18.4 Å². The topological polar surface area (TPSA) is 60.9 Å². The molecule has 0 spiro atoms. The van der Waals surface area contributed by atoms with E-state index in [4.69, 9.17) is 15.1 Å². The smallest absolute Gasteiger partial charge is 0.177 e. The Morgan fingerprint density at radius 1 is 1.11 bits per heavy atom. The van der Waals surface area contributed by atoms with Gasteiger partial charge in [0.25, 0.3) is 0 Å². The normalized spacial score (nSPS) is 13.2. The zero-order chi connectivity index (χ0) is 18.8. The van der Waals surface area contributed by atoms with E-state index in [1.807, 2.05) is 24.6 Å². The number of rotatable bonds is 3. The molecule has 6 heteroatoms. The van der Waals surface area contributed by atoms with E-state index >= 15 is 0 Å². The van der Waals surface area contributed by atoms with E-state index in [1.165, 1.54) is 11.1 Å². The van der Waals surface area contributed by atoms with E-state index in [9.17, 15) is 0 Å². The second-order valence-corrected chi connectivity index (χ2v) is 8.06. The zero-order valence-corrected chi connectivity index (χ0v) is 16.1. The molecule has 1 aliphatic heterocycles. The SMILES string of the molecule is Cc1ncc(C)n2nc(C(C)(C)Cc3cn4c(n3)-c3ccccc3C4)nc12. The molecule has 0 saturated heterocycles. The first-order valence-corrected chi connectivity index (χ1v) is 9.26. The molecule has 6 nitrogen and oxygen atoms in total. The highest BCUT2D eigenvalue weighted by molar-refractivity contribution is 5.65. The van der Waals surface area contributed by atoms with Crippen molar-refractivity contribution in [3.63, 3.8) is 0 Å². The number of fused-ring (bicyclic) bond motifs is 4. The highest BCUT2D eigenvalue weighted by atomic mass is 15.3. The monoisotopic (exact) mass is 358 g/mol. The second kappa shape index (κ2) is 5.49. The van der Waals surface area contributed by atoms with Gasteiger partial charge in [0, 0.05) is 36.3 Å². The molecule has 0 radical (unpaired) electrons. The molecule has 27 heavy (non-hydrogen) atoms. The van der Waals surface area contributed by atoms with Crippen LogP contribution in [-0.4, -0.2) is 29.1 Å². The molecule has 5 rings (SSSR count). The Bertz CT molecular complexity index is 1140. The summed E-state index contributed by atoms with van der Waals surface area (Å²) in [7, 11) is 0. The lowest BCUT2D eigenvalue weighted by molar-refractivity contribution is 0.481. The molecule has 4 heterocycles. The van der Waals surface area contributed by atoms with Crippen LogP contribution in [0.5, 0.6) is 0 Å². The molecular formula is C21H22N6. The maximum Gasteiger partial charge on any atom is 0.177 e. The Morgan fingerprint density at radius 2 is 1.93 bits per heavy atom. The van der Waals surface area contributed by atoms with Crippen molar-refractivity contribution in [1.29, 1.82) is 0 Å². The Morgan fingerprint density at radius 3 is 2.74 bits per heavy atom. The number of nitrogens with zero attached hydrogens (tertiary/aromatic N) is 6. The van der Waals surface area contributed by atoms with Crippen LogP contribution < -0.4 is 0 Å². The van der Waals surface area contributed by atoms with Gasteiger partial charge in [-0.3, -0.25) is 4.98 Å². The number of aromatic nitrogens is 6. The van der Waals surface area contributed by atoms with Crippen LogP contribution in [0.15, 0.2) is 36.7 Å². The quantitative estimate of drug-likeness (QED) is 0.495.